The van der Waals surface area contributed by atoms with E-state index >= 15 is 0 Å². The Morgan fingerprint density at radius 3 is 2.58 bits per heavy atom. The van der Waals surface area contributed by atoms with Crippen molar-refractivity contribution in [3.05, 3.63) is 78.4 Å². The zero-order valence-electron chi connectivity index (χ0n) is 16.9. The van der Waals surface area contributed by atoms with Crippen molar-refractivity contribution in [1.29, 1.82) is 0 Å². The molecular formula is C22H20N8O. The summed E-state index contributed by atoms with van der Waals surface area (Å²) in [7, 11) is 0. The van der Waals surface area contributed by atoms with Gasteiger partial charge < -0.3 is 5.11 Å². The Labute approximate surface area is 178 Å². The second kappa shape index (κ2) is 8.04. The highest BCUT2D eigenvalue weighted by Gasteiger charge is 2.11. The van der Waals surface area contributed by atoms with Crippen molar-refractivity contribution in [1.82, 2.24) is 39.3 Å². The zero-order valence-corrected chi connectivity index (χ0v) is 16.9. The molecule has 4 aromatic heterocycles. The molecule has 0 aliphatic rings. The van der Waals surface area contributed by atoms with Crippen molar-refractivity contribution in [3.63, 3.8) is 0 Å². The molecule has 31 heavy (non-hydrogen) atoms. The number of aliphatic hydroxyl groups is 1. The number of aliphatic hydroxyl groups excluding tert-OH is 1. The minimum Gasteiger partial charge on any atom is -0.394 e. The van der Waals surface area contributed by atoms with E-state index in [1.165, 1.54) is 0 Å². The lowest BCUT2D eigenvalue weighted by Crippen LogP contribution is -2.01. The number of rotatable bonds is 6. The van der Waals surface area contributed by atoms with Gasteiger partial charge in [-0.1, -0.05) is 18.2 Å². The first-order chi connectivity index (χ1) is 15.2. The summed E-state index contributed by atoms with van der Waals surface area (Å²) < 4.78 is 3.60. The number of nitrogens with zero attached hydrogens (tertiary/aromatic N) is 8. The summed E-state index contributed by atoms with van der Waals surface area (Å²) in [5.74, 6) is 2.02. The smallest absolute Gasteiger partial charge is 0.254 e. The molecule has 0 fully saturated rings. The summed E-state index contributed by atoms with van der Waals surface area (Å²) in [5.41, 5.74) is 4.89. The number of fused-ring (bicyclic) bond motifs is 1. The van der Waals surface area contributed by atoms with Gasteiger partial charge in [-0.15, -0.1) is 10.2 Å². The van der Waals surface area contributed by atoms with Gasteiger partial charge >= 0.3 is 0 Å². The third-order valence-corrected chi connectivity index (χ3v) is 4.96. The Hall–Kier alpha value is -3.98. The molecule has 5 aromatic rings. The molecule has 1 N–H and O–H groups in total. The Balaban J connectivity index is 1.45. The average Bonchev–Trinajstić information content (AvgIpc) is 3.42. The summed E-state index contributed by atoms with van der Waals surface area (Å²) in [6.07, 6.45) is 11.6. The van der Waals surface area contributed by atoms with Crippen LogP contribution in [-0.4, -0.2) is 51.0 Å². The van der Waals surface area contributed by atoms with Crippen molar-refractivity contribution >= 4 is 5.78 Å². The van der Waals surface area contributed by atoms with Crippen LogP contribution in [0.4, 0.5) is 0 Å². The van der Waals surface area contributed by atoms with Crippen molar-refractivity contribution < 1.29 is 5.11 Å². The molecule has 0 saturated carbocycles. The molecule has 0 bridgehead atoms. The molecule has 4 heterocycles. The highest BCUT2D eigenvalue weighted by atomic mass is 16.3. The Morgan fingerprint density at radius 2 is 1.74 bits per heavy atom. The van der Waals surface area contributed by atoms with E-state index in [1.54, 1.807) is 17.1 Å². The maximum atomic E-state index is 9.09. The lowest BCUT2D eigenvalue weighted by molar-refractivity contribution is 0.269. The van der Waals surface area contributed by atoms with Crippen molar-refractivity contribution in [3.8, 4) is 22.5 Å². The van der Waals surface area contributed by atoms with Crippen LogP contribution in [0.5, 0.6) is 0 Å². The van der Waals surface area contributed by atoms with E-state index in [1.807, 2.05) is 48.2 Å². The van der Waals surface area contributed by atoms with Gasteiger partial charge in [0.15, 0.2) is 5.82 Å². The lowest BCUT2D eigenvalue weighted by atomic mass is 10.1. The molecule has 0 saturated heterocycles. The molecule has 0 aliphatic heterocycles. The fourth-order valence-electron chi connectivity index (χ4n) is 3.39. The fourth-order valence-corrected chi connectivity index (χ4v) is 3.39. The molecule has 5 rings (SSSR count). The SMILES string of the molecule is Cc1cnc(-c2cccc(Cc3nnc4ncc(-c5cnn(CCO)c5)cn34)c2)nc1. The summed E-state index contributed by atoms with van der Waals surface area (Å²) in [4.78, 5) is 13.3. The van der Waals surface area contributed by atoms with Crippen LogP contribution in [0.2, 0.25) is 0 Å². The van der Waals surface area contributed by atoms with Crippen LogP contribution < -0.4 is 0 Å². The first-order valence-corrected chi connectivity index (χ1v) is 9.91. The number of hydrogen-bond donors (Lipinski definition) is 1. The Kier molecular flexibility index (Phi) is 4.93. The van der Waals surface area contributed by atoms with Crippen LogP contribution >= 0.6 is 0 Å². The number of aryl methyl sites for hydroxylation is 1. The third-order valence-electron chi connectivity index (χ3n) is 4.96. The number of hydrogen-bond acceptors (Lipinski definition) is 7. The molecule has 0 spiro atoms. The molecule has 0 unspecified atom stereocenters. The van der Waals surface area contributed by atoms with Crippen molar-refractivity contribution in [2.45, 2.75) is 19.9 Å². The molecule has 154 valence electrons. The summed E-state index contributed by atoms with van der Waals surface area (Å²) >= 11 is 0. The standard InChI is InChI=1S/C22H20N8O/c1-15-9-23-21(24-10-15)17-4-2-3-16(7-17)8-20-27-28-22-25-11-18(14-30(20)22)19-12-26-29(13-19)5-6-31/h2-4,7,9-14,31H,5-6,8H2,1H3. The normalized spacial score (nSPS) is 11.3. The first kappa shape index (κ1) is 19.0. The molecule has 0 radical (unpaired) electrons. The molecule has 0 atom stereocenters. The number of benzene rings is 1. The van der Waals surface area contributed by atoms with Gasteiger partial charge in [0, 0.05) is 54.1 Å². The zero-order chi connectivity index (χ0) is 21.2. The first-order valence-electron chi connectivity index (χ1n) is 9.91. The summed E-state index contributed by atoms with van der Waals surface area (Å²) in [6, 6.07) is 8.12. The van der Waals surface area contributed by atoms with Crippen LogP contribution in [0.15, 0.2) is 61.4 Å². The van der Waals surface area contributed by atoms with E-state index in [2.05, 4.69) is 42.4 Å². The van der Waals surface area contributed by atoms with E-state index in [9.17, 15) is 0 Å². The van der Waals surface area contributed by atoms with Crippen LogP contribution in [0.3, 0.4) is 0 Å². The highest BCUT2D eigenvalue weighted by Crippen LogP contribution is 2.21. The van der Waals surface area contributed by atoms with Gasteiger partial charge in [0.05, 0.1) is 19.3 Å². The van der Waals surface area contributed by atoms with Crippen LogP contribution in [-0.2, 0) is 13.0 Å². The second-order valence-corrected chi connectivity index (χ2v) is 7.31. The molecule has 9 heteroatoms. The monoisotopic (exact) mass is 412 g/mol. The van der Waals surface area contributed by atoms with Gasteiger partial charge in [0.2, 0.25) is 0 Å². The van der Waals surface area contributed by atoms with Crippen LogP contribution in [0.1, 0.15) is 17.0 Å². The van der Waals surface area contributed by atoms with Gasteiger partial charge in [0.1, 0.15) is 5.82 Å². The Morgan fingerprint density at radius 1 is 0.903 bits per heavy atom. The largest absolute Gasteiger partial charge is 0.394 e. The molecular weight excluding hydrogens is 392 g/mol. The van der Waals surface area contributed by atoms with E-state index in [-0.39, 0.29) is 6.61 Å². The molecule has 0 aliphatic carbocycles. The van der Waals surface area contributed by atoms with Gasteiger partial charge in [0.25, 0.3) is 5.78 Å². The molecule has 1 aromatic carbocycles. The minimum absolute atomic E-state index is 0.0423. The topological polar surface area (TPSA) is 107 Å². The summed E-state index contributed by atoms with van der Waals surface area (Å²) in [6.45, 7) is 2.46. The van der Waals surface area contributed by atoms with Gasteiger partial charge in [-0.3, -0.25) is 9.08 Å². The Bertz CT molecular complexity index is 1340. The van der Waals surface area contributed by atoms with Crippen LogP contribution in [0.25, 0.3) is 28.3 Å². The van der Waals surface area contributed by atoms with E-state index in [0.29, 0.717) is 24.6 Å². The minimum atomic E-state index is 0.0423. The number of aromatic nitrogens is 8. The van der Waals surface area contributed by atoms with E-state index in [4.69, 9.17) is 5.11 Å². The third kappa shape index (κ3) is 3.90. The fraction of sp³-hybridized carbons (Fsp3) is 0.182. The second-order valence-electron chi connectivity index (χ2n) is 7.31. The predicted octanol–water partition coefficient (Wildman–Crippen LogP) is 2.34. The average molecular weight is 412 g/mol. The van der Waals surface area contributed by atoms with Crippen molar-refractivity contribution in [2.24, 2.45) is 0 Å². The maximum Gasteiger partial charge on any atom is 0.254 e. The van der Waals surface area contributed by atoms with Gasteiger partial charge in [-0.05, 0) is 24.1 Å². The van der Waals surface area contributed by atoms with E-state index < -0.39 is 0 Å². The highest BCUT2D eigenvalue weighted by molar-refractivity contribution is 5.61. The molecule has 9 nitrogen and oxygen atoms in total. The summed E-state index contributed by atoms with van der Waals surface area (Å²) in [5, 5.41) is 21.9. The van der Waals surface area contributed by atoms with Crippen molar-refractivity contribution in [2.75, 3.05) is 6.61 Å². The van der Waals surface area contributed by atoms with Crippen LogP contribution in [0, 0.1) is 6.92 Å². The molecule has 0 amide bonds. The maximum absolute atomic E-state index is 9.09. The lowest BCUT2D eigenvalue weighted by Gasteiger charge is -2.05. The van der Waals surface area contributed by atoms with E-state index in [0.717, 1.165) is 33.6 Å². The van der Waals surface area contributed by atoms with Gasteiger partial charge in [-0.25, -0.2) is 15.0 Å². The quantitative estimate of drug-likeness (QED) is 0.456. The van der Waals surface area contributed by atoms with Gasteiger partial charge in [-0.2, -0.15) is 5.10 Å². The predicted molar refractivity (Wildman–Crippen MR) is 114 cm³/mol.